The van der Waals surface area contributed by atoms with Crippen molar-refractivity contribution in [1.82, 2.24) is 0 Å². The zero-order valence-electron chi connectivity index (χ0n) is 22.2. The van der Waals surface area contributed by atoms with Crippen LogP contribution in [0.25, 0.3) is 0 Å². The molecule has 0 spiro atoms. The summed E-state index contributed by atoms with van der Waals surface area (Å²) in [4.78, 5) is 12.3. The number of benzene rings is 2. The number of hydrogen-bond acceptors (Lipinski definition) is 3. The van der Waals surface area contributed by atoms with E-state index in [1.165, 1.54) is 11.6 Å². The van der Waals surface area contributed by atoms with Gasteiger partial charge in [-0.2, -0.15) is 0 Å². The van der Waals surface area contributed by atoms with Crippen molar-refractivity contribution < 1.29 is 14.6 Å². The maximum absolute atomic E-state index is 12.3. The van der Waals surface area contributed by atoms with Gasteiger partial charge in [0, 0.05) is 28.7 Å². The predicted octanol–water partition coefficient (Wildman–Crippen LogP) is 7.92. The van der Waals surface area contributed by atoms with E-state index in [1.807, 2.05) is 18.2 Å². The molecule has 33 heavy (non-hydrogen) atoms. The minimum atomic E-state index is -0.481. The Labute approximate surface area is 200 Å². The standard InChI is InChI=1S/C30H42O3/c1-12-25(31)33-27-21(15-14-16-23(27)30(10,11)13-2)19(3)22-17-20(28(4,5)6)18-24(26(22)32)29(7,8)9/h12,14-19,32H,1,13H2,2-11H3. The van der Waals surface area contributed by atoms with Crippen LogP contribution >= 0.6 is 0 Å². The molecule has 0 aromatic heterocycles. The highest BCUT2D eigenvalue weighted by Crippen LogP contribution is 2.46. The Balaban J connectivity index is 2.85. The van der Waals surface area contributed by atoms with Crippen molar-refractivity contribution in [3.05, 3.63) is 70.8 Å². The minimum Gasteiger partial charge on any atom is -0.507 e. The van der Waals surface area contributed by atoms with E-state index in [0.29, 0.717) is 11.5 Å². The largest absolute Gasteiger partial charge is 0.507 e. The van der Waals surface area contributed by atoms with Crippen molar-refractivity contribution >= 4 is 5.97 Å². The fourth-order valence-electron chi connectivity index (χ4n) is 4.03. The summed E-state index contributed by atoms with van der Waals surface area (Å²) in [5.41, 5.74) is 4.31. The first-order chi connectivity index (χ1) is 15.0. The molecule has 0 bridgehead atoms. The second-order valence-corrected chi connectivity index (χ2v) is 11.8. The molecule has 3 nitrogen and oxygen atoms in total. The Morgan fingerprint density at radius 3 is 2.09 bits per heavy atom. The van der Waals surface area contributed by atoms with Crippen molar-refractivity contribution in [2.24, 2.45) is 0 Å². The first-order valence-electron chi connectivity index (χ1n) is 11.9. The number of phenolic OH excluding ortho intramolecular Hbond substituents is 1. The highest BCUT2D eigenvalue weighted by Gasteiger charge is 2.31. The average molecular weight is 451 g/mol. The van der Waals surface area contributed by atoms with Gasteiger partial charge in [0.05, 0.1) is 0 Å². The van der Waals surface area contributed by atoms with Gasteiger partial charge >= 0.3 is 5.97 Å². The van der Waals surface area contributed by atoms with E-state index in [9.17, 15) is 9.90 Å². The number of carbonyl (C=O) groups is 1. The Morgan fingerprint density at radius 2 is 1.61 bits per heavy atom. The monoisotopic (exact) mass is 450 g/mol. The third kappa shape index (κ3) is 5.69. The second kappa shape index (κ2) is 9.37. The number of hydrogen-bond donors (Lipinski definition) is 1. The Bertz CT molecular complexity index is 1030. The number of esters is 1. The summed E-state index contributed by atoms with van der Waals surface area (Å²) < 4.78 is 5.85. The van der Waals surface area contributed by atoms with Gasteiger partial charge < -0.3 is 9.84 Å². The quantitative estimate of drug-likeness (QED) is 0.276. The van der Waals surface area contributed by atoms with Gasteiger partial charge in [-0.3, -0.25) is 0 Å². The van der Waals surface area contributed by atoms with Crippen LogP contribution in [0.1, 0.15) is 109 Å². The summed E-state index contributed by atoms with van der Waals surface area (Å²) in [6.07, 6.45) is 2.09. The summed E-state index contributed by atoms with van der Waals surface area (Å²) in [7, 11) is 0. The molecule has 0 amide bonds. The van der Waals surface area contributed by atoms with Crippen molar-refractivity contribution in [1.29, 1.82) is 0 Å². The molecule has 180 valence electrons. The SMILES string of the molecule is C=CC(=O)Oc1c(C(C)c2cc(C(C)(C)C)cc(C(C)(C)C)c2O)cccc1C(C)(C)CC. The van der Waals surface area contributed by atoms with Crippen LogP contribution in [0.3, 0.4) is 0 Å². The Morgan fingerprint density at radius 1 is 1.00 bits per heavy atom. The molecule has 0 saturated carbocycles. The van der Waals surface area contributed by atoms with Crippen molar-refractivity contribution in [3.63, 3.8) is 0 Å². The zero-order valence-corrected chi connectivity index (χ0v) is 22.2. The van der Waals surface area contributed by atoms with Crippen LogP contribution in [0.2, 0.25) is 0 Å². The van der Waals surface area contributed by atoms with E-state index in [2.05, 4.69) is 87.9 Å². The number of phenols is 1. The highest BCUT2D eigenvalue weighted by molar-refractivity contribution is 5.84. The van der Waals surface area contributed by atoms with Gasteiger partial charge in [-0.1, -0.05) is 106 Å². The fourth-order valence-corrected chi connectivity index (χ4v) is 4.03. The molecule has 1 N–H and O–H groups in total. The summed E-state index contributed by atoms with van der Waals surface area (Å²) in [5.74, 6) is 0.211. The van der Waals surface area contributed by atoms with Crippen LogP contribution < -0.4 is 4.74 Å². The van der Waals surface area contributed by atoms with Gasteiger partial charge in [-0.15, -0.1) is 0 Å². The molecular formula is C30H42O3. The van der Waals surface area contributed by atoms with Crippen LogP contribution in [0.4, 0.5) is 0 Å². The van der Waals surface area contributed by atoms with Crippen molar-refractivity contribution in [2.75, 3.05) is 0 Å². The van der Waals surface area contributed by atoms with Crippen LogP contribution in [-0.4, -0.2) is 11.1 Å². The molecule has 0 aliphatic heterocycles. The first-order valence-corrected chi connectivity index (χ1v) is 11.9. The van der Waals surface area contributed by atoms with Gasteiger partial charge in [-0.05, 0) is 33.8 Å². The van der Waals surface area contributed by atoms with Gasteiger partial charge in [0.15, 0.2) is 0 Å². The van der Waals surface area contributed by atoms with E-state index in [-0.39, 0.29) is 22.2 Å². The molecule has 1 unspecified atom stereocenters. The molecule has 1 atom stereocenters. The number of rotatable bonds is 6. The maximum atomic E-state index is 12.3. The molecule has 3 heteroatoms. The molecule has 0 radical (unpaired) electrons. The molecular weight excluding hydrogens is 408 g/mol. The fraction of sp³-hybridized carbons (Fsp3) is 0.500. The molecule has 2 rings (SSSR count). The molecule has 0 heterocycles. The highest BCUT2D eigenvalue weighted by atomic mass is 16.5. The third-order valence-electron chi connectivity index (χ3n) is 6.77. The Kier molecular flexibility index (Phi) is 7.58. The lowest BCUT2D eigenvalue weighted by Crippen LogP contribution is -2.20. The maximum Gasteiger partial charge on any atom is 0.335 e. The van der Waals surface area contributed by atoms with Crippen LogP contribution in [0.5, 0.6) is 11.5 Å². The van der Waals surface area contributed by atoms with E-state index in [4.69, 9.17) is 4.74 Å². The molecule has 2 aromatic rings. The van der Waals surface area contributed by atoms with E-state index in [0.717, 1.165) is 28.7 Å². The molecule has 0 fully saturated rings. The predicted molar refractivity (Wildman–Crippen MR) is 139 cm³/mol. The number of carbonyl (C=O) groups excluding carboxylic acids is 1. The van der Waals surface area contributed by atoms with Crippen LogP contribution in [0, 0.1) is 0 Å². The number of para-hydroxylation sites is 1. The topological polar surface area (TPSA) is 46.5 Å². The normalized spacial score (nSPS) is 13.5. The first kappa shape index (κ1) is 26.7. The van der Waals surface area contributed by atoms with Gasteiger partial charge in [0.1, 0.15) is 11.5 Å². The van der Waals surface area contributed by atoms with E-state index < -0.39 is 5.97 Å². The van der Waals surface area contributed by atoms with Crippen LogP contribution in [-0.2, 0) is 21.0 Å². The number of aromatic hydroxyl groups is 1. The third-order valence-corrected chi connectivity index (χ3v) is 6.77. The molecule has 0 saturated heterocycles. The van der Waals surface area contributed by atoms with Gasteiger partial charge in [0.2, 0.25) is 0 Å². The number of ether oxygens (including phenoxy) is 1. The Hall–Kier alpha value is -2.55. The van der Waals surface area contributed by atoms with E-state index >= 15 is 0 Å². The summed E-state index contributed by atoms with van der Waals surface area (Å²) >= 11 is 0. The van der Waals surface area contributed by atoms with Crippen molar-refractivity contribution in [2.45, 2.75) is 97.8 Å². The van der Waals surface area contributed by atoms with E-state index in [1.54, 1.807) is 0 Å². The lowest BCUT2D eigenvalue weighted by atomic mass is 9.75. The van der Waals surface area contributed by atoms with Crippen LogP contribution in [0.15, 0.2) is 43.0 Å². The zero-order chi connectivity index (χ0) is 25.4. The summed E-state index contributed by atoms with van der Waals surface area (Å²) in [6.45, 7) is 25.0. The minimum absolute atomic E-state index is 0.0770. The molecule has 2 aromatic carbocycles. The van der Waals surface area contributed by atoms with Gasteiger partial charge in [0.25, 0.3) is 0 Å². The lowest BCUT2D eigenvalue weighted by molar-refractivity contribution is -0.129. The van der Waals surface area contributed by atoms with Crippen molar-refractivity contribution in [3.8, 4) is 11.5 Å². The average Bonchev–Trinajstić information content (AvgIpc) is 2.71. The lowest BCUT2D eigenvalue weighted by Gasteiger charge is -2.31. The smallest absolute Gasteiger partial charge is 0.335 e. The summed E-state index contributed by atoms with van der Waals surface area (Å²) in [5, 5.41) is 11.4. The van der Waals surface area contributed by atoms with Gasteiger partial charge in [-0.25, -0.2) is 4.79 Å². The molecule has 0 aliphatic rings. The second-order valence-electron chi connectivity index (χ2n) is 11.8. The molecule has 0 aliphatic carbocycles. The summed E-state index contributed by atoms with van der Waals surface area (Å²) in [6, 6.07) is 10.3.